The quantitative estimate of drug-likeness (QED) is 0.660. The highest BCUT2D eigenvalue weighted by Crippen LogP contribution is 2.38. The van der Waals surface area contributed by atoms with Crippen molar-refractivity contribution < 1.29 is 9.47 Å². The standard InChI is InChI=1S/C21H29N5O2S/c1-27-14-13-25-8-4-6-18(25)20-19(17-5-2-3-7-22-17)23-21(29)26(20)10-9-24-11-15-28-16-12-24/h2-8,19-20H,9-16H2,1H3,(H,23,29)/t19-,20-/m0/s1. The highest BCUT2D eigenvalue weighted by Gasteiger charge is 2.41. The third-order valence-corrected chi connectivity index (χ3v) is 6.01. The summed E-state index contributed by atoms with van der Waals surface area (Å²) >= 11 is 5.78. The van der Waals surface area contributed by atoms with Crippen LogP contribution in [0.25, 0.3) is 0 Å². The number of nitrogens with one attached hydrogen (secondary N) is 1. The monoisotopic (exact) mass is 415 g/mol. The van der Waals surface area contributed by atoms with Crippen LogP contribution in [0.5, 0.6) is 0 Å². The fourth-order valence-corrected chi connectivity index (χ4v) is 4.46. The van der Waals surface area contributed by atoms with Crippen molar-refractivity contribution in [2.45, 2.75) is 18.6 Å². The van der Waals surface area contributed by atoms with E-state index in [9.17, 15) is 0 Å². The number of methoxy groups -OCH3 is 1. The molecule has 0 unspecified atom stereocenters. The summed E-state index contributed by atoms with van der Waals surface area (Å²) < 4.78 is 13.1. The Bertz CT molecular complexity index is 793. The van der Waals surface area contributed by atoms with Crippen molar-refractivity contribution in [3.63, 3.8) is 0 Å². The zero-order valence-electron chi connectivity index (χ0n) is 16.9. The predicted octanol–water partition coefficient (Wildman–Crippen LogP) is 1.83. The van der Waals surface area contributed by atoms with Crippen LogP contribution >= 0.6 is 12.2 Å². The van der Waals surface area contributed by atoms with Crippen LogP contribution in [-0.2, 0) is 16.0 Å². The Balaban J connectivity index is 1.60. The molecule has 2 aromatic heterocycles. The minimum atomic E-state index is 0.0181. The summed E-state index contributed by atoms with van der Waals surface area (Å²) in [5.74, 6) is 0. The summed E-state index contributed by atoms with van der Waals surface area (Å²) in [5.41, 5.74) is 2.24. The van der Waals surface area contributed by atoms with Gasteiger partial charge in [-0.05, 0) is 36.5 Å². The van der Waals surface area contributed by atoms with Gasteiger partial charge in [0.2, 0.25) is 0 Å². The maximum Gasteiger partial charge on any atom is 0.170 e. The molecule has 2 fully saturated rings. The zero-order chi connectivity index (χ0) is 20.1. The van der Waals surface area contributed by atoms with E-state index in [4.69, 9.17) is 21.7 Å². The fourth-order valence-electron chi connectivity index (χ4n) is 4.13. The molecule has 2 aromatic rings. The SMILES string of the molecule is COCCn1cccc1[C@H]1[C@H](c2ccccn2)NC(=S)N1CCN1CCOCC1. The minimum Gasteiger partial charge on any atom is -0.383 e. The van der Waals surface area contributed by atoms with Gasteiger partial charge in [-0.2, -0.15) is 0 Å². The van der Waals surface area contributed by atoms with Gasteiger partial charge in [-0.15, -0.1) is 0 Å². The second kappa shape index (κ2) is 9.67. The Hall–Kier alpha value is -2.00. The summed E-state index contributed by atoms with van der Waals surface area (Å²) in [6, 6.07) is 10.4. The van der Waals surface area contributed by atoms with Gasteiger partial charge >= 0.3 is 0 Å². The van der Waals surface area contributed by atoms with Gasteiger partial charge in [0.25, 0.3) is 0 Å². The number of pyridine rings is 1. The van der Waals surface area contributed by atoms with Crippen LogP contribution in [0.3, 0.4) is 0 Å². The molecule has 4 heterocycles. The molecule has 0 saturated carbocycles. The van der Waals surface area contributed by atoms with E-state index in [1.165, 1.54) is 5.69 Å². The molecule has 0 aliphatic carbocycles. The number of ether oxygens (including phenoxy) is 2. The highest BCUT2D eigenvalue weighted by atomic mass is 32.1. The van der Waals surface area contributed by atoms with Crippen LogP contribution in [0.1, 0.15) is 23.5 Å². The molecule has 1 N–H and O–H groups in total. The molecule has 0 radical (unpaired) electrons. The van der Waals surface area contributed by atoms with E-state index in [2.05, 4.69) is 49.1 Å². The molecule has 4 rings (SSSR count). The Labute approximate surface area is 177 Å². The van der Waals surface area contributed by atoms with Crippen LogP contribution in [0.15, 0.2) is 42.7 Å². The summed E-state index contributed by atoms with van der Waals surface area (Å²) in [6.45, 7) is 6.90. The van der Waals surface area contributed by atoms with Crippen LogP contribution < -0.4 is 5.32 Å². The number of hydrogen-bond donors (Lipinski definition) is 1. The van der Waals surface area contributed by atoms with Crippen molar-refractivity contribution in [3.8, 4) is 0 Å². The molecule has 2 atom stereocenters. The molecule has 2 saturated heterocycles. The second-order valence-corrected chi connectivity index (χ2v) is 7.78. The zero-order valence-corrected chi connectivity index (χ0v) is 17.7. The van der Waals surface area contributed by atoms with Crippen molar-refractivity contribution in [3.05, 3.63) is 54.1 Å². The summed E-state index contributed by atoms with van der Waals surface area (Å²) in [5, 5.41) is 4.33. The Morgan fingerprint density at radius 2 is 2.03 bits per heavy atom. The molecule has 156 valence electrons. The van der Waals surface area contributed by atoms with Gasteiger partial charge in [-0.3, -0.25) is 9.88 Å². The first kappa shape index (κ1) is 20.3. The first-order valence-corrected chi connectivity index (χ1v) is 10.6. The lowest BCUT2D eigenvalue weighted by atomic mass is 10.0. The molecular weight excluding hydrogens is 386 g/mol. The number of rotatable bonds is 8. The molecule has 0 aromatic carbocycles. The summed E-state index contributed by atoms with van der Waals surface area (Å²) in [7, 11) is 1.74. The summed E-state index contributed by atoms with van der Waals surface area (Å²) in [4.78, 5) is 9.39. The van der Waals surface area contributed by atoms with Crippen molar-refractivity contribution in [2.24, 2.45) is 0 Å². The minimum absolute atomic E-state index is 0.0181. The molecule has 29 heavy (non-hydrogen) atoms. The van der Waals surface area contributed by atoms with E-state index >= 15 is 0 Å². The number of nitrogens with zero attached hydrogens (tertiary/aromatic N) is 4. The van der Waals surface area contributed by atoms with E-state index in [0.29, 0.717) is 6.61 Å². The van der Waals surface area contributed by atoms with Gasteiger partial charge < -0.3 is 24.3 Å². The average Bonchev–Trinajstić information content (AvgIpc) is 3.35. The Morgan fingerprint density at radius 1 is 1.17 bits per heavy atom. The molecule has 0 spiro atoms. The van der Waals surface area contributed by atoms with Gasteiger partial charge in [0.05, 0.1) is 37.6 Å². The van der Waals surface area contributed by atoms with Crippen LogP contribution in [0.2, 0.25) is 0 Å². The molecule has 7 nitrogen and oxygen atoms in total. The van der Waals surface area contributed by atoms with Crippen molar-refractivity contribution in [1.29, 1.82) is 0 Å². The third-order valence-electron chi connectivity index (χ3n) is 5.66. The van der Waals surface area contributed by atoms with E-state index in [1.54, 1.807) is 7.11 Å². The highest BCUT2D eigenvalue weighted by molar-refractivity contribution is 7.80. The Morgan fingerprint density at radius 3 is 2.79 bits per heavy atom. The Kier molecular flexibility index (Phi) is 6.76. The normalized spacial score (nSPS) is 22.8. The van der Waals surface area contributed by atoms with Crippen molar-refractivity contribution in [1.82, 2.24) is 24.7 Å². The van der Waals surface area contributed by atoms with Gasteiger partial charge in [-0.25, -0.2) is 0 Å². The largest absolute Gasteiger partial charge is 0.383 e. The number of aromatic nitrogens is 2. The van der Waals surface area contributed by atoms with Crippen LogP contribution in [0.4, 0.5) is 0 Å². The number of thiocarbonyl (C=S) groups is 1. The molecular formula is C21H29N5O2S. The topological polar surface area (TPSA) is 54.8 Å². The fraction of sp³-hybridized carbons (Fsp3) is 0.524. The van der Waals surface area contributed by atoms with Crippen LogP contribution in [0, 0.1) is 0 Å². The number of morpholine rings is 1. The van der Waals surface area contributed by atoms with Gasteiger partial charge in [0, 0.05) is 57.9 Å². The van der Waals surface area contributed by atoms with E-state index in [-0.39, 0.29) is 12.1 Å². The smallest absolute Gasteiger partial charge is 0.170 e. The lowest BCUT2D eigenvalue weighted by molar-refractivity contribution is 0.0349. The van der Waals surface area contributed by atoms with E-state index in [1.807, 2.05) is 18.3 Å². The molecule has 0 bridgehead atoms. The first-order valence-electron chi connectivity index (χ1n) is 10.2. The van der Waals surface area contributed by atoms with Crippen molar-refractivity contribution >= 4 is 17.3 Å². The second-order valence-electron chi connectivity index (χ2n) is 7.39. The van der Waals surface area contributed by atoms with E-state index < -0.39 is 0 Å². The molecule has 8 heteroatoms. The lowest BCUT2D eigenvalue weighted by Crippen LogP contribution is -2.42. The van der Waals surface area contributed by atoms with Crippen LogP contribution in [-0.4, -0.2) is 77.6 Å². The predicted molar refractivity (Wildman–Crippen MR) is 116 cm³/mol. The number of hydrogen-bond acceptors (Lipinski definition) is 5. The third kappa shape index (κ3) is 4.61. The molecule has 0 amide bonds. The van der Waals surface area contributed by atoms with Gasteiger partial charge in [0.15, 0.2) is 5.11 Å². The first-order chi connectivity index (χ1) is 14.3. The lowest BCUT2D eigenvalue weighted by Gasteiger charge is -2.32. The maximum atomic E-state index is 5.78. The van der Waals surface area contributed by atoms with Gasteiger partial charge in [0.1, 0.15) is 0 Å². The maximum absolute atomic E-state index is 5.78. The summed E-state index contributed by atoms with van der Waals surface area (Å²) in [6.07, 6.45) is 3.96. The van der Waals surface area contributed by atoms with E-state index in [0.717, 1.165) is 56.7 Å². The van der Waals surface area contributed by atoms with Gasteiger partial charge in [-0.1, -0.05) is 6.07 Å². The average molecular weight is 416 g/mol. The van der Waals surface area contributed by atoms with Crippen molar-refractivity contribution in [2.75, 3.05) is 53.1 Å². The molecule has 2 aliphatic rings. The molecule has 2 aliphatic heterocycles.